The molecule has 0 radical (unpaired) electrons. The van der Waals surface area contributed by atoms with E-state index in [0.29, 0.717) is 24.3 Å². The molecule has 0 aliphatic heterocycles. The summed E-state index contributed by atoms with van der Waals surface area (Å²) < 4.78 is 10.7. The Morgan fingerprint density at radius 1 is 0.575 bits per heavy atom. The Morgan fingerprint density at radius 2 is 1.07 bits per heavy atom. The first kappa shape index (κ1) is 33.1. The molecule has 0 aliphatic rings. The van der Waals surface area contributed by atoms with Gasteiger partial charge in [-0.25, -0.2) is 9.59 Å². The summed E-state index contributed by atoms with van der Waals surface area (Å²) in [5.41, 5.74) is 3.27. The van der Waals surface area contributed by atoms with Crippen LogP contribution in [0.3, 0.4) is 0 Å². The third-order valence-electron chi connectivity index (χ3n) is 7.08. The number of unbranched alkanes of at least 4 members (excludes halogenated alkanes) is 10. The largest absolute Gasteiger partial charge is 0.462 e. The maximum absolute atomic E-state index is 12.4. The van der Waals surface area contributed by atoms with Gasteiger partial charge in [-0.15, -0.1) is 0 Å². The average Bonchev–Trinajstić information content (AvgIpc) is 2.96. The van der Waals surface area contributed by atoms with Crippen LogP contribution in [0.25, 0.3) is 10.8 Å². The van der Waals surface area contributed by atoms with Gasteiger partial charge in [0.05, 0.1) is 24.3 Å². The van der Waals surface area contributed by atoms with Crippen LogP contribution >= 0.6 is 0 Å². The highest BCUT2D eigenvalue weighted by molar-refractivity contribution is 6.03. The van der Waals surface area contributed by atoms with Crippen molar-refractivity contribution >= 4 is 22.7 Å². The third kappa shape index (κ3) is 12.4. The molecule has 3 aromatic carbocycles. The minimum absolute atomic E-state index is 0.293. The smallest absolute Gasteiger partial charge is 0.339 e. The second-order valence-corrected chi connectivity index (χ2v) is 10.7. The van der Waals surface area contributed by atoms with Crippen molar-refractivity contribution in [2.24, 2.45) is 0 Å². The van der Waals surface area contributed by atoms with Gasteiger partial charge in [0.25, 0.3) is 0 Å². The molecule has 0 heterocycles. The van der Waals surface area contributed by atoms with Crippen molar-refractivity contribution in [2.45, 2.75) is 105 Å². The lowest BCUT2D eigenvalue weighted by Crippen LogP contribution is -2.15. The summed E-state index contributed by atoms with van der Waals surface area (Å²) >= 11 is 0. The first-order valence-corrected chi connectivity index (χ1v) is 15.4. The van der Waals surface area contributed by atoms with Crippen LogP contribution in [0.1, 0.15) is 123 Å². The number of carbonyl (C=O) groups excluding carboxylic acids is 2. The zero-order valence-corrected chi connectivity index (χ0v) is 25.3. The molecular weight excluding hydrogens is 496 g/mol. The fourth-order valence-corrected chi connectivity index (χ4v) is 4.65. The minimum atomic E-state index is -0.444. The highest BCUT2D eigenvalue weighted by Gasteiger charge is 2.18. The van der Waals surface area contributed by atoms with E-state index in [-0.39, 0.29) is 0 Å². The van der Waals surface area contributed by atoms with E-state index in [1.54, 1.807) is 24.3 Å². The number of carbonyl (C=O) groups is 2. The molecule has 4 nitrogen and oxygen atoms in total. The average molecular weight is 547 g/mol. The van der Waals surface area contributed by atoms with Crippen molar-refractivity contribution in [1.29, 1.82) is 0 Å². The van der Waals surface area contributed by atoms with Gasteiger partial charge in [-0.3, -0.25) is 0 Å². The van der Waals surface area contributed by atoms with Crippen molar-refractivity contribution in [3.63, 3.8) is 0 Å². The van der Waals surface area contributed by atoms with E-state index >= 15 is 0 Å². The Bertz CT molecular complexity index is 1100. The van der Waals surface area contributed by atoms with Crippen LogP contribution < -0.4 is 0 Å². The van der Waals surface area contributed by atoms with Gasteiger partial charge in [-0.05, 0) is 55.2 Å². The predicted octanol–water partition coefficient (Wildman–Crippen LogP) is 10.2. The summed E-state index contributed by atoms with van der Waals surface area (Å²) in [7, 11) is 0. The fraction of sp³-hybridized carbons (Fsp3) is 0.500. The summed E-state index contributed by atoms with van der Waals surface area (Å²) in [6.45, 7) is 9.45. The highest BCUT2D eigenvalue weighted by Crippen LogP contribution is 2.19. The maximum Gasteiger partial charge on any atom is 0.339 e. The number of esters is 2. The summed E-state index contributed by atoms with van der Waals surface area (Å²) in [4.78, 5) is 24.7. The van der Waals surface area contributed by atoms with Gasteiger partial charge in [-0.1, -0.05) is 132 Å². The first-order valence-electron chi connectivity index (χ1n) is 15.4. The number of fused-ring (bicyclic) bond motifs is 1. The molecule has 0 amide bonds. The van der Waals surface area contributed by atoms with E-state index in [2.05, 4.69) is 64.1 Å². The van der Waals surface area contributed by atoms with E-state index in [0.717, 1.165) is 25.7 Å². The molecule has 0 unspecified atom stereocenters. The normalized spacial score (nSPS) is 10.6. The summed E-state index contributed by atoms with van der Waals surface area (Å²) in [6, 6.07) is 19.7. The molecule has 0 atom stereocenters. The van der Waals surface area contributed by atoms with Gasteiger partial charge < -0.3 is 9.47 Å². The molecule has 0 aromatic heterocycles. The number of hydrogen-bond donors (Lipinski definition) is 0. The van der Waals surface area contributed by atoms with Crippen molar-refractivity contribution < 1.29 is 19.1 Å². The molecule has 0 bridgehead atoms. The van der Waals surface area contributed by atoms with Gasteiger partial charge in [0.15, 0.2) is 0 Å². The van der Waals surface area contributed by atoms with Crippen LogP contribution in [-0.2, 0) is 9.47 Å². The number of aryl methyl sites for hydroxylation is 2. The molecule has 218 valence electrons. The second-order valence-electron chi connectivity index (χ2n) is 10.7. The molecule has 0 saturated heterocycles. The fourth-order valence-electron chi connectivity index (χ4n) is 4.65. The van der Waals surface area contributed by atoms with Crippen molar-refractivity contribution in [1.82, 2.24) is 0 Å². The lowest BCUT2D eigenvalue weighted by atomic mass is 10.0. The zero-order chi connectivity index (χ0) is 29.0. The highest BCUT2D eigenvalue weighted by atomic mass is 16.5. The number of rotatable bonds is 16. The second kappa shape index (κ2) is 19.8. The van der Waals surface area contributed by atoms with E-state index in [1.165, 1.54) is 73.3 Å². The molecule has 0 spiro atoms. The number of ether oxygens (including phenoxy) is 2. The Morgan fingerprint density at radius 3 is 1.60 bits per heavy atom. The van der Waals surface area contributed by atoms with Crippen LogP contribution in [0, 0.1) is 13.8 Å². The molecule has 0 aliphatic carbocycles. The van der Waals surface area contributed by atoms with Crippen LogP contribution in [-0.4, -0.2) is 25.2 Å². The molecule has 3 rings (SSSR count). The van der Waals surface area contributed by atoms with Crippen molar-refractivity contribution in [2.75, 3.05) is 13.2 Å². The maximum atomic E-state index is 12.4. The Hall–Kier alpha value is -3.14. The SMILES string of the molecule is CCCCCCCCOC(=O)c1ccccc1C(=O)OCCCCCCCC.Cc1ccc2c(C)cccc2c1. The molecule has 3 aromatic rings. The Balaban J connectivity index is 0.000000382. The third-order valence-corrected chi connectivity index (χ3v) is 7.08. The lowest BCUT2D eigenvalue weighted by Gasteiger charge is -2.10. The Kier molecular flexibility index (Phi) is 16.4. The van der Waals surface area contributed by atoms with Crippen molar-refractivity contribution in [3.05, 3.63) is 82.9 Å². The van der Waals surface area contributed by atoms with Crippen LogP contribution in [0.4, 0.5) is 0 Å². The zero-order valence-electron chi connectivity index (χ0n) is 25.3. The molecule has 0 saturated carbocycles. The van der Waals surface area contributed by atoms with Crippen LogP contribution in [0.15, 0.2) is 60.7 Å². The quantitative estimate of drug-likeness (QED) is 0.132. The van der Waals surface area contributed by atoms with E-state index in [4.69, 9.17) is 9.47 Å². The molecule has 0 fully saturated rings. The van der Waals surface area contributed by atoms with Crippen molar-refractivity contribution in [3.8, 4) is 0 Å². The molecule has 40 heavy (non-hydrogen) atoms. The predicted molar refractivity (Wildman–Crippen MR) is 167 cm³/mol. The van der Waals surface area contributed by atoms with Gasteiger partial charge in [0.2, 0.25) is 0 Å². The van der Waals surface area contributed by atoms with Crippen LogP contribution in [0.2, 0.25) is 0 Å². The minimum Gasteiger partial charge on any atom is -0.462 e. The van der Waals surface area contributed by atoms with Gasteiger partial charge in [0, 0.05) is 0 Å². The molecule has 4 heteroatoms. The summed E-state index contributed by atoms with van der Waals surface area (Å²) in [6.07, 6.45) is 13.6. The summed E-state index contributed by atoms with van der Waals surface area (Å²) in [5.74, 6) is -0.888. The standard InChI is InChI=1S/C24H38O4.C12H12/c1-3-5-7-9-11-15-19-27-23(25)21-17-13-14-18-22(21)24(26)28-20-16-12-10-8-6-4-2;1-9-6-7-12-10(2)4-3-5-11(12)8-9/h13-14,17-18H,3-12,15-16,19-20H2,1-2H3;3-8H,1-2H3. The topological polar surface area (TPSA) is 52.6 Å². The van der Waals surface area contributed by atoms with Gasteiger partial charge in [-0.2, -0.15) is 0 Å². The van der Waals surface area contributed by atoms with Gasteiger partial charge >= 0.3 is 11.9 Å². The van der Waals surface area contributed by atoms with E-state index in [1.807, 2.05) is 0 Å². The monoisotopic (exact) mass is 546 g/mol. The summed E-state index contributed by atoms with van der Waals surface area (Å²) in [5, 5.41) is 2.71. The Labute approximate surface area is 242 Å². The first-order chi connectivity index (χ1) is 19.5. The lowest BCUT2D eigenvalue weighted by molar-refractivity contribution is 0.0450. The molecule has 0 N–H and O–H groups in total. The molecular formula is C36H50O4. The number of hydrogen-bond acceptors (Lipinski definition) is 4. The van der Waals surface area contributed by atoms with E-state index < -0.39 is 11.9 Å². The van der Waals surface area contributed by atoms with Gasteiger partial charge in [0.1, 0.15) is 0 Å². The van der Waals surface area contributed by atoms with E-state index in [9.17, 15) is 9.59 Å². The number of benzene rings is 3. The van der Waals surface area contributed by atoms with Crippen LogP contribution in [0.5, 0.6) is 0 Å².